The van der Waals surface area contributed by atoms with E-state index >= 15 is 0 Å². The second kappa shape index (κ2) is 10.0. The molecule has 0 amide bonds. The molecule has 0 saturated carbocycles. The molecular weight excluding hydrogens is 483 g/mol. The van der Waals surface area contributed by atoms with Crippen molar-refractivity contribution in [2.45, 2.75) is 16.5 Å². The van der Waals surface area contributed by atoms with E-state index in [1.54, 1.807) is 11.3 Å². The second-order valence-electron chi connectivity index (χ2n) is 7.38. The minimum Gasteiger partial charge on any atom is -0.491 e. The summed E-state index contributed by atoms with van der Waals surface area (Å²) in [4.78, 5) is 9.18. The van der Waals surface area contributed by atoms with Crippen LogP contribution in [-0.2, 0) is 0 Å². The van der Waals surface area contributed by atoms with Crippen molar-refractivity contribution in [1.82, 2.24) is 9.88 Å². The molecule has 1 N–H and O–H groups in total. The zero-order chi connectivity index (χ0) is 22.7. The summed E-state index contributed by atoms with van der Waals surface area (Å²) in [5.41, 5.74) is -3.38. The topological polar surface area (TPSA) is 48.8 Å². The number of rotatable bonds is 7. The highest BCUT2D eigenvalue weighted by atomic mass is 35.5. The summed E-state index contributed by atoms with van der Waals surface area (Å²) in [5, 5.41) is 12.0. The van der Waals surface area contributed by atoms with Crippen molar-refractivity contribution < 1.29 is 23.0 Å². The summed E-state index contributed by atoms with van der Waals surface area (Å²) < 4.78 is 43.8. The van der Waals surface area contributed by atoms with Crippen LogP contribution >= 0.6 is 34.7 Å². The van der Waals surface area contributed by atoms with Crippen molar-refractivity contribution in [2.75, 3.05) is 44.2 Å². The molecule has 1 aliphatic heterocycles. The maximum Gasteiger partial charge on any atom is 0.446 e. The Kier molecular flexibility index (Phi) is 7.36. The molecule has 172 valence electrons. The van der Waals surface area contributed by atoms with Crippen LogP contribution < -0.4 is 9.64 Å². The van der Waals surface area contributed by atoms with E-state index in [9.17, 15) is 18.3 Å². The number of hydrogen-bond acceptors (Lipinski definition) is 7. The molecule has 1 saturated heterocycles. The number of ether oxygens (including phenoxy) is 1. The Morgan fingerprint density at radius 1 is 1.12 bits per heavy atom. The molecule has 4 rings (SSSR count). The van der Waals surface area contributed by atoms with E-state index in [1.165, 1.54) is 24.3 Å². The highest BCUT2D eigenvalue weighted by Crippen LogP contribution is 2.37. The third kappa shape index (κ3) is 6.41. The molecule has 2 aromatic carbocycles. The van der Waals surface area contributed by atoms with Crippen LogP contribution in [0, 0.1) is 0 Å². The quantitative estimate of drug-likeness (QED) is 0.451. The lowest BCUT2D eigenvalue weighted by atomic mass is 10.2. The first-order valence-corrected chi connectivity index (χ1v) is 12.0. The summed E-state index contributed by atoms with van der Waals surface area (Å²) >= 11 is 7.51. The van der Waals surface area contributed by atoms with Crippen LogP contribution in [0.2, 0.25) is 5.02 Å². The van der Waals surface area contributed by atoms with Crippen LogP contribution in [0.3, 0.4) is 0 Å². The van der Waals surface area contributed by atoms with Gasteiger partial charge in [0.1, 0.15) is 18.5 Å². The predicted octanol–water partition coefficient (Wildman–Crippen LogP) is 5.12. The maximum absolute atomic E-state index is 12.4. The molecule has 5 nitrogen and oxygen atoms in total. The largest absolute Gasteiger partial charge is 0.491 e. The molecule has 0 aliphatic carbocycles. The number of β-amino-alcohol motifs (C(OH)–C–C–N with tert-alkyl or cyclic N) is 1. The van der Waals surface area contributed by atoms with E-state index in [1.807, 2.05) is 18.2 Å². The summed E-state index contributed by atoms with van der Waals surface area (Å²) in [6.45, 7) is 3.73. The third-order valence-corrected chi connectivity index (χ3v) is 7.00. The van der Waals surface area contributed by atoms with Crippen LogP contribution in [0.15, 0.2) is 47.4 Å². The van der Waals surface area contributed by atoms with E-state index in [0.29, 0.717) is 17.3 Å². The fourth-order valence-corrected chi connectivity index (χ4v) is 5.26. The number of fused-ring (bicyclic) bond motifs is 1. The first-order chi connectivity index (χ1) is 15.2. The molecule has 1 aliphatic rings. The molecule has 0 bridgehead atoms. The van der Waals surface area contributed by atoms with Gasteiger partial charge in [-0.05, 0) is 54.2 Å². The number of aromatic nitrogens is 1. The number of alkyl halides is 3. The number of hydrogen-bond donors (Lipinski definition) is 1. The van der Waals surface area contributed by atoms with Crippen LogP contribution in [0.25, 0.3) is 10.2 Å². The van der Waals surface area contributed by atoms with Crippen LogP contribution in [0.1, 0.15) is 0 Å². The Morgan fingerprint density at radius 2 is 1.84 bits per heavy atom. The van der Waals surface area contributed by atoms with Gasteiger partial charge in [-0.2, -0.15) is 13.2 Å². The zero-order valence-corrected chi connectivity index (χ0v) is 19.3. The average Bonchev–Trinajstić information content (AvgIpc) is 3.16. The highest BCUT2D eigenvalue weighted by molar-refractivity contribution is 8.00. The lowest BCUT2D eigenvalue weighted by Gasteiger charge is -2.35. The zero-order valence-electron chi connectivity index (χ0n) is 16.9. The molecular formula is C21H21ClF3N3O2S2. The first-order valence-electron chi connectivity index (χ1n) is 9.95. The molecule has 1 atom stereocenters. The van der Waals surface area contributed by atoms with E-state index in [4.69, 9.17) is 16.3 Å². The van der Waals surface area contributed by atoms with Gasteiger partial charge in [0.25, 0.3) is 0 Å². The Hall–Kier alpha value is -1.72. The number of thioether (sulfide) groups is 1. The van der Waals surface area contributed by atoms with Gasteiger partial charge in [0.2, 0.25) is 0 Å². The smallest absolute Gasteiger partial charge is 0.446 e. The Bertz CT molecular complexity index is 1040. The van der Waals surface area contributed by atoms with E-state index in [-0.39, 0.29) is 23.3 Å². The molecule has 11 heteroatoms. The summed E-state index contributed by atoms with van der Waals surface area (Å²) in [5.74, 6) is 0.427. The van der Waals surface area contributed by atoms with Gasteiger partial charge < -0.3 is 14.7 Å². The summed E-state index contributed by atoms with van der Waals surface area (Å²) in [6, 6.07) is 11.4. The minimum absolute atomic E-state index is 0.0740. The van der Waals surface area contributed by atoms with Gasteiger partial charge in [-0.15, -0.1) is 0 Å². The summed E-state index contributed by atoms with van der Waals surface area (Å²) in [7, 11) is 0. The average molecular weight is 504 g/mol. The van der Waals surface area contributed by atoms with Gasteiger partial charge in [-0.1, -0.05) is 22.9 Å². The number of thiazole rings is 1. The number of halogens is 4. The standard InChI is InChI=1S/C21H21ClF3N3O2S2/c22-14-1-6-18-19(11-14)31-20(26-18)28-9-7-27(8-10-28)12-15(29)13-30-16-2-4-17(5-3-16)32-21(23,24)25/h1-6,11,15,29H,7-10,12-13H2/t15-/m0/s1. The SMILES string of the molecule is O[C@H](COc1ccc(SC(F)(F)F)cc1)CN1CCN(c2nc3ccc(Cl)cc3s2)CC1. The van der Waals surface area contributed by atoms with Gasteiger partial charge >= 0.3 is 5.51 Å². The Balaban J connectivity index is 1.21. The molecule has 0 radical (unpaired) electrons. The normalized spacial score (nSPS) is 16.5. The van der Waals surface area contributed by atoms with Gasteiger partial charge in [-0.25, -0.2) is 4.98 Å². The molecule has 1 fully saturated rings. The minimum atomic E-state index is -4.32. The third-order valence-electron chi connectivity index (χ3n) is 4.95. The van der Waals surface area contributed by atoms with Crippen LogP contribution in [0.4, 0.5) is 18.3 Å². The van der Waals surface area contributed by atoms with Crippen molar-refractivity contribution in [3.05, 3.63) is 47.5 Å². The maximum atomic E-state index is 12.4. The lowest BCUT2D eigenvalue weighted by Crippen LogP contribution is -2.49. The number of aliphatic hydroxyl groups excluding tert-OH is 1. The fraction of sp³-hybridized carbons (Fsp3) is 0.381. The van der Waals surface area contributed by atoms with Crippen molar-refractivity contribution in [2.24, 2.45) is 0 Å². The van der Waals surface area contributed by atoms with E-state index in [2.05, 4.69) is 14.8 Å². The lowest BCUT2D eigenvalue weighted by molar-refractivity contribution is -0.0328. The fourth-order valence-electron chi connectivity index (χ4n) is 3.42. The number of aliphatic hydroxyl groups is 1. The molecule has 32 heavy (non-hydrogen) atoms. The first kappa shape index (κ1) is 23.4. The van der Waals surface area contributed by atoms with Crippen molar-refractivity contribution >= 4 is 50.0 Å². The predicted molar refractivity (Wildman–Crippen MR) is 123 cm³/mol. The number of benzene rings is 2. The van der Waals surface area contributed by atoms with E-state index < -0.39 is 11.6 Å². The molecule has 2 heterocycles. The second-order valence-corrected chi connectivity index (χ2v) is 9.96. The van der Waals surface area contributed by atoms with Crippen molar-refractivity contribution in [3.8, 4) is 5.75 Å². The highest BCUT2D eigenvalue weighted by Gasteiger charge is 2.29. The number of nitrogens with zero attached hydrogens (tertiary/aromatic N) is 3. The van der Waals surface area contributed by atoms with Gasteiger partial charge in [0.15, 0.2) is 5.13 Å². The molecule has 0 spiro atoms. The molecule has 3 aromatic rings. The molecule has 1 aromatic heterocycles. The Morgan fingerprint density at radius 3 is 2.53 bits per heavy atom. The number of piperazine rings is 1. The van der Waals surface area contributed by atoms with Crippen LogP contribution in [-0.4, -0.2) is 65.9 Å². The van der Waals surface area contributed by atoms with Crippen LogP contribution in [0.5, 0.6) is 5.75 Å². The van der Waals surface area contributed by atoms with Gasteiger partial charge in [0.05, 0.1) is 10.2 Å². The molecule has 0 unspecified atom stereocenters. The summed E-state index contributed by atoms with van der Waals surface area (Å²) in [6.07, 6.45) is -0.699. The van der Waals surface area contributed by atoms with E-state index in [0.717, 1.165) is 41.5 Å². The van der Waals surface area contributed by atoms with Crippen molar-refractivity contribution in [3.63, 3.8) is 0 Å². The van der Waals surface area contributed by atoms with Gasteiger partial charge in [-0.3, -0.25) is 4.90 Å². The monoisotopic (exact) mass is 503 g/mol. The Labute approximate surface area is 196 Å². The number of anilines is 1. The van der Waals surface area contributed by atoms with Gasteiger partial charge in [0, 0.05) is 42.6 Å². The van der Waals surface area contributed by atoms with Crippen molar-refractivity contribution in [1.29, 1.82) is 0 Å².